The fraction of sp³-hybridized carbons (Fsp3) is 0.375. The Balaban J connectivity index is 0.00000132. The zero-order valence-electron chi connectivity index (χ0n) is 12.8. The van der Waals surface area contributed by atoms with Crippen LogP contribution in [0.4, 0.5) is 0 Å². The van der Waals surface area contributed by atoms with Crippen molar-refractivity contribution >= 4 is 53.2 Å². The molecule has 1 aromatic carbocycles. The second-order valence-corrected chi connectivity index (χ2v) is 5.83. The number of pyridine rings is 1. The number of halogens is 3. The predicted molar refractivity (Wildman–Crippen MR) is 99.2 cm³/mol. The number of carbonyl (C=O) groups is 1. The Bertz CT molecular complexity index is 673. The third-order valence-corrected chi connectivity index (χ3v) is 4.30. The van der Waals surface area contributed by atoms with E-state index in [0.717, 1.165) is 36.8 Å². The molecular formula is C16H20Cl3N3O. The number of benzene rings is 1. The fourth-order valence-corrected chi connectivity index (χ4v) is 2.91. The average molecular weight is 377 g/mol. The maximum Gasteiger partial charge on any atom is 0.272 e. The molecule has 2 aromatic rings. The van der Waals surface area contributed by atoms with Crippen LogP contribution >= 0.6 is 36.4 Å². The summed E-state index contributed by atoms with van der Waals surface area (Å²) in [6.07, 6.45) is 1.98. The zero-order chi connectivity index (χ0) is 14.8. The monoisotopic (exact) mass is 375 g/mol. The van der Waals surface area contributed by atoms with Crippen molar-refractivity contribution in [2.75, 3.05) is 20.1 Å². The number of fused-ring (bicyclic) bond motifs is 1. The van der Waals surface area contributed by atoms with Crippen LogP contribution in [0, 0.1) is 0 Å². The number of nitrogens with zero attached hydrogens (tertiary/aromatic N) is 2. The van der Waals surface area contributed by atoms with Crippen molar-refractivity contribution in [1.82, 2.24) is 15.2 Å². The van der Waals surface area contributed by atoms with Gasteiger partial charge in [0.25, 0.3) is 5.91 Å². The van der Waals surface area contributed by atoms with E-state index in [1.165, 1.54) is 0 Å². The molecule has 0 aliphatic carbocycles. The van der Waals surface area contributed by atoms with Crippen molar-refractivity contribution in [2.45, 2.75) is 18.9 Å². The maximum absolute atomic E-state index is 12.5. The van der Waals surface area contributed by atoms with Gasteiger partial charge in [0.15, 0.2) is 0 Å². The van der Waals surface area contributed by atoms with Gasteiger partial charge in [0.2, 0.25) is 0 Å². The molecule has 1 aliphatic heterocycles. The summed E-state index contributed by atoms with van der Waals surface area (Å²) in [4.78, 5) is 18.9. The molecule has 1 aliphatic rings. The molecule has 1 saturated heterocycles. The molecule has 0 bridgehead atoms. The van der Waals surface area contributed by atoms with Gasteiger partial charge in [-0.3, -0.25) is 4.79 Å². The van der Waals surface area contributed by atoms with Gasteiger partial charge in [-0.15, -0.1) is 24.8 Å². The van der Waals surface area contributed by atoms with Gasteiger partial charge in [-0.25, -0.2) is 4.98 Å². The Kier molecular flexibility index (Phi) is 7.55. The number of hydrogen-bond donors (Lipinski definition) is 1. The van der Waals surface area contributed by atoms with Crippen LogP contribution in [0.1, 0.15) is 23.3 Å². The lowest BCUT2D eigenvalue weighted by Crippen LogP contribution is -2.44. The van der Waals surface area contributed by atoms with Gasteiger partial charge in [0.1, 0.15) is 5.69 Å². The van der Waals surface area contributed by atoms with E-state index in [4.69, 9.17) is 11.6 Å². The Hall–Kier alpha value is -1.07. The third-order valence-electron chi connectivity index (χ3n) is 4.06. The lowest BCUT2D eigenvalue weighted by Gasteiger charge is -2.31. The van der Waals surface area contributed by atoms with Crippen molar-refractivity contribution in [3.8, 4) is 0 Å². The van der Waals surface area contributed by atoms with E-state index in [2.05, 4.69) is 10.3 Å². The highest BCUT2D eigenvalue weighted by Gasteiger charge is 2.23. The quantitative estimate of drug-likeness (QED) is 0.871. The molecule has 1 amide bonds. The van der Waals surface area contributed by atoms with Gasteiger partial charge in [-0.05, 0) is 38.1 Å². The molecular weight excluding hydrogens is 357 g/mol. The van der Waals surface area contributed by atoms with Crippen LogP contribution in [-0.4, -0.2) is 42.0 Å². The summed E-state index contributed by atoms with van der Waals surface area (Å²) in [6.45, 7) is 1.55. The summed E-state index contributed by atoms with van der Waals surface area (Å²) >= 11 is 5.99. The molecule has 1 aromatic heterocycles. The molecule has 2 heterocycles. The van der Waals surface area contributed by atoms with Gasteiger partial charge < -0.3 is 10.2 Å². The molecule has 3 rings (SSSR count). The highest BCUT2D eigenvalue weighted by Crippen LogP contribution is 2.19. The van der Waals surface area contributed by atoms with Crippen molar-refractivity contribution in [3.05, 3.63) is 41.0 Å². The van der Waals surface area contributed by atoms with Crippen LogP contribution in [0.5, 0.6) is 0 Å². The van der Waals surface area contributed by atoms with Gasteiger partial charge in [0, 0.05) is 29.5 Å². The Morgan fingerprint density at radius 1 is 1.22 bits per heavy atom. The average Bonchev–Trinajstić information content (AvgIpc) is 2.53. The van der Waals surface area contributed by atoms with Crippen LogP contribution in [0.15, 0.2) is 30.3 Å². The van der Waals surface area contributed by atoms with E-state index in [9.17, 15) is 4.79 Å². The van der Waals surface area contributed by atoms with Crippen LogP contribution in [0.2, 0.25) is 5.02 Å². The van der Waals surface area contributed by atoms with E-state index in [-0.39, 0.29) is 30.7 Å². The topological polar surface area (TPSA) is 45.2 Å². The van der Waals surface area contributed by atoms with E-state index < -0.39 is 0 Å². The Morgan fingerprint density at radius 3 is 2.52 bits per heavy atom. The normalized spacial score (nSPS) is 15.0. The summed E-state index contributed by atoms with van der Waals surface area (Å²) in [7, 11) is 1.97. The number of aromatic nitrogens is 1. The third kappa shape index (κ3) is 4.48. The number of piperidine rings is 1. The van der Waals surface area contributed by atoms with Crippen LogP contribution < -0.4 is 5.32 Å². The van der Waals surface area contributed by atoms with Gasteiger partial charge >= 0.3 is 0 Å². The fourth-order valence-electron chi connectivity index (χ4n) is 2.74. The van der Waals surface area contributed by atoms with Gasteiger partial charge in [-0.2, -0.15) is 0 Å². The smallest absolute Gasteiger partial charge is 0.272 e. The number of amides is 1. The predicted octanol–water partition coefficient (Wildman–Crippen LogP) is 3.56. The minimum absolute atomic E-state index is 0. The molecule has 1 N–H and O–H groups in total. The lowest BCUT2D eigenvalue weighted by molar-refractivity contribution is 0.0702. The largest absolute Gasteiger partial charge is 0.337 e. The minimum Gasteiger partial charge on any atom is -0.337 e. The Labute approximate surface area is 153 Å². The number of hydrogen-bond acceptors (Lipinski definition) is 3. The molecule has 0 unspecified atom stereocenters. The van der Waals surface area contributed by atoms with Crippen LogP contribution in [0.25, 0.3) is 10.9 Å². The molecule has 0 atom stereocenters. The number of carbonyl (C=O) groups excluding carboxylic acids is 1. The van der Waals surface area contributed by atoms with E-state index in [0.29, 0.717) is 16.8 Å². The first kappa shape index (κ1) is 20.0. The summed E-state index contributed by atoms with van der Waals surface area (Å²) in [5.41, 5.74) is 1.26. The van der Waals surface area contributed by atoms with E-state index in [1.807, 2.05) is 30.1 Å². The van der Waals surface area contributed by atoms with Crippen LogP contribution in [-0.2, 0) is 0 Å². The maximum atomic E-state index is 12.5. The molecule has 126 valence electrons. The van der Waals surface area contributed by atoms with Crippen molar-refractivity contribution in [1.29, 1.82) is 0 Å². The van der Waals surface area contributed by atoms with Gasteiger partial charge in [-0.1, -0.05) is 23.7 Å². The van der Waals surface area contributed by atoms with E-state index >= 15 is 0 Å². The molecule has 7 heteroatoms. The first-order valence-electron chi connectivity index (χ1n) is 7.20. The SMILES string of the molecule is CNC1CCN(C(=O)c2ccc3ccc(Cl)cc3n2)CC1.Cl.Cl. The molecule has 1 fully saturated rings. The molecule has 0 spiro atoms. The first-order chi connectivity index (χ1) is 10.2. The summed E-state index contributed by atoms with van der Waals surface area (Å²) in [5, 5.41) is 4.89. The number of nitrogens with one attached hydrogen (secondary N) is 1. The minimum atomic E-state index is 0. The van der Waals surface area contributed by atoms with Crippen LogP contribution in [0.3, 0.4) is 0 Å². The second-order valence-electron chi connectivity index (χ2n) is 5.39. The molecule has 0 radical (unpaired) electrons. The number of rotatable bonds is 2. The first-order valence-corrected chi connectivity index (χ1v) is 7.58. The molecule has 0 saturated carbocycles. The van der Waals surface area contributed by atoms with E-state index in [1.54, 1.807) is 12.1 Å². The highest BCUT2D eigenvalue weighted by atomic mass is 35.5. The summed E-state index contributed by atoms with van der Waals surface area (Å²) < 4.78 is 0. The summed E-state index contributed by atoms with van der Waals surface area (Å²) in [6, 6.07) is 9.76. The number of likely N-dealkylation sites (tertiary alicyclic amines) is 1. The Morgan fingerprint density at radius 2 is 1.87 bits per heavy atom. The zero-order valence-corrected chi connectivity index (χ0v) is 15.2. The standard InChI is InChI=1S/C16H18ClN3O.2ClH/c1-18-13-6-8-20(9-7-13)16(21)14-5-3-11-2-4-12(17)10-15(11)19-14;;/h2-5,10,13,18H,6-9H2,1H3;2*1H. The molecule has 4 nitrogen and oxygen atoms in total. The lowest BCUT2D eigenvalue weighted by atomic mass is 10.0. The summed E-state index contributed by atoms with van der Waals surface area (Å²) in [5.74, 6) is 0.00595. The van der Waals surface area contributed by atoms with Crippen molar-refractivity contribution in [2.24, 2.45) is 0 Å². The van der Waals surface area contributed by atoms with Crippen molar-refractivity contribution in [3.63, 3.8) is 0 Å². The highest BCUT2D eigenvalue weighted by molar-refractivity contribution is 6.31. The van der Waals surface area contributed by atoms with Crippen molar-refractivity contribution < 1.29 is 4.79 Å². The second kappa shape index (κ2) is 8.69. The van der Waals surface area contributed by atoms with Gasteiger partial charge in [0.05, 0.1) is 5.52 Å². The molecule has 23 heavy (non-hydrogen) atoms.